The van der Waals surface area contributed by atoms with Gasteiger partial charge in [-0.05, 0) is 26.8 Å². The van der Waals surface area contributed by atoms with E-state index in [1.165, 1.54) is 6.07 Å². The summed E-state index contributed by atoms with van der Waals surface area (Å²) in [6.07, 6.45) is 0. The zero-order chi connectivity index (χ0) is 14.9. The Bertz CT molecular complexity index is 655. The van der Waals surface area contributed by atoms with E-state index >= 15 is 0 Å². The third-order valence-electron chi connectivity index (χ3n) is 3.22. The van der Waals surface area contributed by atoms with E-state index in [0.717, 1.165) is 17.1 Å². The van der Waals surface area contributed by atoms with Crippen molar-refractivity contribution in [2.75, 3.05) is 5.32 Å². The highest BCUT2D eigenvalue weighted by Crippen LogP contribution is 2.24. The molecule has 2 aromatic rings. The monoisotopic (exact) mass is 275 g/mol. The summed E-state index contributed by atoms with van der Waals surface area (Å²) in [6, 6.07) is 3.51. The molecule has 2 rings (SSSR count). The van der Waals surface area contributed by atoms with Gasteiger partial charge in [0.15, 0.2) is 0 Å². The summed E-state index contributed by atoms with van der Waals surface area (Å²) in [7, 11) is 0. The van der Waals surface area contributed by atoms with E-state index in [-0.39, 0.29) is 17.5 Å². The Morgan fingerprint density at radius 3 is 2.50 bits per heavy atom. The van der Waals surface area contributed by atoms with Gasteiger partial charge in [0, 0.05) is 17.5 Å². The van der Waals surface area contributed by atoms with Crippen LogP contribution in [0.3, 0.4) is 0 Å². The minimum atomic E-state index is -0.140. The van der Waals surface area contributed by atoms with Gasteiger partial charge in [0.1, 0.15) is 23.2 Å². The van der Waals surface area contributed by atoms with Gasteiger partial charge in [-0.1, -0.05) is 13.8 Å². The van der Waals surface area contributed by atoms with Gasteiger partial charge in [-0.25, -0.2) is 4.98 Å². The molecule has 20 heavy (non-hydrogen) atoms. The summed E-state index contributed by atoms with van der Waals surface area (Å²) >= 11 is 0. The number of aromatic amines is 1. The minimum absolute atomic E-state index is 0.0294. The maximum absolute atomic E-state index is 11.7. The van der Waals surface area contributed by atoms with Gasteiger partial charge < -0.3 is 14.7 Å². The quantitative estimate of drug-likeness (QED) is 0.898. The maximum Gasteiger partial charge on any atom is 0.252 e. The first-order chi connectivity index (χ1) is 9.36. The van der Waals surface area contributed by atoms with Crippen molar-refractivity contribution in [2.45, 2.75) is 46.6 Å². The van der Waals surface area contributed by atoms with Gasteiger partial charge in [0.2, 0.25) is 0 Å². The van der Waals surface area contributed by atoms with Crippen molar-refractivity contribution < 1.29 is 4.42 Å². The fraction of sp³-hybridized carbons (Fsp3) is 0.467. The van der Waals surface area contributed by atoms with Crippen molar-refractivity contribution in [3.8, 4) is 0 Å². The molecule has 0 aromatic carbocycles. The maximum atomic E-state index is 11.7. The predicted octanol–water partition coefficient (Wildman–Crippen LogP) is 3.28. The van der Waals surface area contributed by atoms with Crippen molar-refractivity contribution in [3.05, 3.63) is 45.4 Å². The first-order valence-electron chi connectivity index (χ1n) is 6.81. The molecule has 2 aromatic heterocycles. The lowest BCUT2D eigenvalue weighted by atomic mass is 10.1. The molecule has 0 aliphatic carbocycles. The van der Waals surface area contributed by atoms with Crippen molar-refractivity contribution in [2.24, 2.45) is 0 Å². The first-order valence-corrected chi connectivity index (χ1v) is 6.81. The number of nitrogens with zero attached hydrogens (tertiary/aromatic N) is 1. The summed E-state index contributed by atoms with van der Waals surface area (Å²) in [5, 5.41) is 3.26. The fourth-order valence-corrected chi connectivity index (χ4v) is 2.20. The molecule has 0 radical (unpaired) electrons. The summed E-state index contributed by atoms with van der Waals surface area (Å²) in [4.78, 5) is 18.8. The fourth-order valence-electron chi connectivity index (χ4n) is 2.20. The van der Waals surface area contributed by atoms with Crippen molar-refractivity contribution >= 4 is 5.82 Å². The lowest BCUT2D eigenvalue weighted by Gasteiger charge is -2.15. The van der Waals surface area contributed by atoms with E-state index in [1.54, 1.807) is 0 Å². The van der Waals surface area contributed by atoms with Crippen LogP contribution in [0.5, 0.6) is 0 Å². The van der Waals surface area contributed by atoms with E-state index in [4.69, 9.17) is 4.42 Å². The van der Waals surface area contributed by atoms with Crippen LogP contribution in [-0.4, -0.2) is 9.97 Å². The molecule has 0 fully saturated rings. The molecule has 0 aliphatic rings. The van der Waals surface area contributed by atoms with Crippen molar-refractivity contribution in [1.82, 2.24) is 9.97 Å². The smallest absolute Gasteiger partial charge is 0.252 e. The van der Waals surface area contributed by atoms with Crippen LogP contribution < -0.4 is 10.9 Å². The van der Waals surface area contributed by atoms with Gasteiger partial charge in [0.25, 0.3) is 5.56 Å². The Morgan fingerprint density at radius 2 is 1.95 bits per heavy atom. The van der Waals surface area contributed by atoms with Gasteiger partial charge in [-0.3, -0.25) is 4.79 Å². The minimum Gasteiger partial charge on any atom is -0.466 e. The molecular weight excluding hydrogens is 254 g/mol. The average Bonchev–Trinajstić information content (AvgIpc) is 2.67. The van der Waals surface area contributed by atoms with Gasteiger partial charge in [-0.15, -0.1) is 0 Å². The predicted molar refractivity (Wildman–Crippen MR) is 79.2 cm³/mol. The van der Waals surface area contributed by atoms with E-state index in [0.29, 0.717) is 11.6 Å². The highest BCUT2D eigenvalue weighted by Gasteiger charge is 2.14. The number of rotatable bonds is 4. The molecule has 5 heteroatoms. The standard InChI is InChI=1S/C15H21N3O2/c1-8(2)15-17-13(7-14(19)18-15)16-10(4)12-6-9(3)20-11(12)5/h6-8,10H,1-5H3,(H2,16,17,18,19). The topological polar surface area (TPSA) is 70.9 Å². The van der Waals surface area contributed by atoms with E-state index in [1.807, 2.05) is 40.7 Å². The Labute approximate surface area is 118 Å². The molecule has 2 N–H and O–H groups in total. The van der Waals surface area contributed by atoms with Gasteiger partial charge >= 0.3 is 0 Å². The largest absolute Gasteiger partial charge is 0.466 e. The van der Waals surface area contributed by atoms with Gasteiger partial charge in [-0.2, -0.15) is 0 Å². The van der Waals surface area contributed by atoms with E-state index < -0.39 is 0 Å². The second-order valence-corrected chi connectivity index (χ2v) is 5.41. The van der Waals surface area contributed by atoms with Crippen LogP contribution in [0.4, 0.5) is 5.82 Å². The van der Waals surface area contributed by atoms with Crippen molar-refractivity contribution in [3.63, 3.8) is 0 Å². The molecule has 0 aliphatic heterocycles. The molecule has 5 nitrogen and oxygen atoms in total. The first kappa shape index (κ1) is 14.4. The highest BCUT2D eigenvalue weighted by molar-refractivity contribution is 5.38. The molecule has 108 valence electrons. The Balaban J connectivity index is 2.25. The number of aryl methyl sites for hydroxylation is 2. The number of hydrogen-bond donors (Lipinski definition) is 2. The molecule has 0 bridgehead atoms. The van der Waals surface area contributed by atoms with Crippen LogP contribution in [0.25, 0.3) is 0 Å². The summed E-state index contributed by atoms with van der Waals surface area (Å²) in [6.45, 7) is 9.87. The molecular formula is C15H21N3O2. The van der Waals surface area contributed by atoms with E-state index in [9.17, 15) is 4.79 Å². The second-order valence-electron chi connectivity index (χ2n) is 5.41. The third-order valence-corrected chi connectivity index (χ3v) is 3.22. The number of H-pyrrole nitrogens is 1. The van der Waals surface area contributed by atoms with Crippen LogP contribution in [0.15, 0.2) is 21.3 Å². The molecule has 2 heterocycles. The zero-order valence-electron chi connectivity index (χ0n) is 12.6. The average molecular weight is 275 g/mol. The Hall–Kier alpha value is -2.04. The van der Waals surface area contributed by atoms with Crippen LogP contribution >= 0.6 is 0 Å². The lowest BCUT2D eigenvalue weighted by molar-refractivity contribution is 0.499. The van der Waals surface area contributed by atoms with Crippen LogP contribution in [0.2, 0.25) is 0 Å². The number of hydrogen-bond acceptors (Lipinski definition) is 4. The van der Waals surface area contributed by atoms with E-state index in [2.05, 4.69) is 15.3 Å². The van der Waals surface area contributed by atoms with Crippen molar-refractivity contribution in [1.29, 1.82) is 0 Å². The van der Waals surface area contributed by atoms with Gasteiger partial charge in [0.05, 0.1) is 6.04 Å². The summed E-state index contributed by atoms with van der Waals surface area (Å²) < 4.78 is 5.53. The molecule has 0 saturated heterocycles. The van der Waals surface area contributed by atoms with Crippen LogP contribution in [0.1, 0.15) is 55.6 Å². The highest BCUT2D eigenvalue weighted by atomic mass is 16.3. The normalized spacial score (nSPS) is 12.7. The Kier molecular flexibility index (Phi) is 3.97. The zero-order valence-corrected chi connectivity index (χ0v) is 12.6. The van der Waals surface area contributed by atoms with Crippen LogP contribution in [0, 0.1) is 13.8 Å². The third kappa shape index (κ3) is 3.10. The molecule has 0 saturated carbocycles. The number of furan rings is 1. The molecule has 1 unspecified atom stereocenters. The number of anilines is 1. The number of nitrogens with one attached hydrogen (secondary N) is 2. The summed E-state index contributed by atoms with van der Waals surface area (Å²) in [5.41, 5.74) is 0.939. The van der Waals surface area contributed by atoms with Crippen LogP contribution in [-0.2, 0) is 0 Å². The second kappa shape index (κ2) is 5.53. The number of aromatic nitrogens is 2. The molecule has 0 amide bonds. The SMILES string of the molecule is Cc1cc(C(C)Nc2cc(=O)[nH]c(C(C)C)n2)c(C)o1. The molecule has 0 spiro atoms. The lowest BCUT2D eigenvalue weighted by Crippen LogP contribution is -2.16. The Morgan fingerprint density at radius 1 is 1.25 bits per heavy atom. The summed E-state index contributed by atoms with van der Waals surface area (Å²) in [5.74, 6) is 3.22. The molecule has 1 atom stereocenters.